The minimum Gasteiger partial charge on any atom is -0.444 e. The summed E-state index contributed by atoms with van der Waals surface area (Å²) in [5.74, 6) is 1.09. The predicted octanol–water partition coefficient (Wildman–Crippen LogP) is 3.40. The lowest BCUT2D eigenvalue weighted by molar-refractivity contribution is -0.00418. The van der Waals surface area contributed by atoms with E-state index >= 15 is 0 Å². The molecule has 4 heteroatoms. The molecule has 0 aromatic carbocycles. The summed E-state index contributed by atoms with van der Waals surface area (Å²) in [6.45, 7) is 11.7. The highest BCUT2D eigenvalue weighted by Gasteiger charge is 2.36. The normalized spacial score (nSPS) is 24.1. The number of carbonyl (C=O) groups excluding carboxylic acids is 1. The van der Waals surface area contributed by atoms with Crippen LogP contribution in [-0.2, 0) is 4.74 Å². The molecule has 1 amide bonds. The summed E-state index contributed by atoms with van der Waals surface area (Å²) >= 11 is 0. The highest BCUT2D eigenvalue weighted by molar-refractivity contribution is 5.68. The molecule has 4 nitrogen and oxygen atoms in total. The van der Waals surface area contributed by atoms with Crippen LogP contribution in [0.3, 0.4) is 0 Å². The number of amides is 1. The van der Waals surface area contributed by atoms with Crippen LogP contribution >= 0.6 is 0 Å². The first-order valence-corrected chi connectivity index (χ1v) is 7.94. The van der Waals surface area contributed by atoms with E-state index in [4.69, 9.17) is 10.5 Å². The molecule has 0 saturated carbocycles. The zero-order chi connectivity index (χ0) is 15.3. The number of ether oxygens (including phenoxy) is 1. The van der Waals surface area contributed by atoms with Crippen LogP contribution in [0.15, 0.2) is 0 Å². The van der Waals surface area contributed by atoms with E-state index in [-0.39, 0.29) is 12.1 Å². The van der Waals surface area contributed by atoms with Gasteiger partial charge in [-0.3, -0.25) is 0 Å². The van der Waals surface area contributed by atoms with E-state index in [1.54, 1.807) is 0 Å². The Hall–Kier alpha value is -0.770. The van der Waals surface area contributed by atoms with Crippen molar-refractivity contribution in [3.05, 3.63) is 0 Å². The van der Waals surface area contributed by atoms with Crippen molar-refractivity contribution >= 4 is 6.09 Å². The Bertz CT molecular complexity index is 308. The number of likely N-dealkylation sites (tertiary alicyclic amines) is 1. The molecule has 20 heavy (non-hydrogen) atoms. The SMILES string of the molecule is CC(C)CC1C(CCN)CCCN1C(=O)OC(C)(C)C. The van der Waals surface area contributed by atoms with Gasteiger partial charge in [0, 0.05) is 12.6 Å². The molecule has 2 atom stereocenters. The fourth-order valence-corrected chi connectivity index (χ4v) is 3.04. The summed E-state index contributed by atoms with van der Waals surface area (Å²) in [5, 5.41) is 0. The average Bonchev–Trinajstić information content (AvgIpc) is 2.28. The number of hydrogen-bond acceptors (Lipinski definition) is 3. The Morgan fingerprint density at radius 1 is 1.40 bits per heavy atom. The van der Waals surface area contributed by atoms with Gasteiger partial charge in [0.1, 0.15) is 5.60 Å². The molecule has 1 aliphatic rings. The standard InChI is InChI=1S/C16H32N2O2/c1-12(2)11-14-13(8-9-17)7-6-10-18(14)15(19)20-16(3,4)5/h12-14H,6-11,17H2,1-5H3. The topological polar surface area (TPSA) is 55.6 Å². The van der Waals surface area contributed by atoms with E-state index in [2.05, 4.69) is 13.8 Å². The number of piperidine rings is 1. The third-order valence-electron chi connectivity index (χ3n) is 3.80. The molecule has 118 valence electrons. The lowest BCUT2D eigenvalue weighted by Crippen LogP contribution is -2.51. The van der Waals surface area contributed by atoms with Crippen molar-refractivity contribution in [1.82, 2.24) is 4.90 Å². The van der Waals surface area contributed by atoms with Crippen LogP contribution in [0.1, 0.15) is 60.3 Å². The van der Waals surface area contributed by atoms with Crippen LogP contribution in [0.5, 0.6) is 0 Å². The summed E-state index contributed by atoms with van der Waals surface area (Å²) in [6, 6.07) is 0.280. The fraction of sp³-hybridized carbons (Fsp3) is 0.938. The number of nitrogens with zero attached hydrogens (tertiary/aromatic N) is 1. The van der Waals surface area contributed by atoms with Gasteiger partial charge in [-0.2, -0.15) is 0 Å². The van der Waals surface area contributed by atoms with Crippen molar-refractivity contribution in [2.45, 2.75) is 71.9 Å². The molecule has 0 aromatic heterocycles. The zero-order valence-corrected chi connectivity index (χ0v) is 13.8. The van der Waals surface area contributed by atoms with Crippen LogP contribution in [-0.4, -0.2) is 35.7 Å². The van der Waals surface area contributed by atoms with Crippen molar-refractivity contribution in [1.29, 1.82) is 0 Å². The Morgan fingerprint density at radius 3 is 2.55 bits per heavy atom. The number of rotatable bonds is 4. The molecule has 0 aromatic rings. The van der Waals surface area contributed by atoms with E-state index < -0.39 is 5.60 Å². The van der Waals surface area contributed by atoms with Gasteiger partial charge in [-0.1, -0.05) is 13.8 Å². The number of hydrogen-bond donors (Lipinski definition) is 1. The van der Waals surface area contributed by atoms with Crippen molar-refractivity contribution in [3.63, 3.8) is 0 Å². The van der Waals surface area contributed by atoms with Gasteiger partial charge in [0.2, 0.25) is 0 Å². The lowest BCUT2D eigenvalue weighted by Gasteiger charge is -2.42. The maximum Gasteiger partial charge on any atom is 0.410 e. The lowest BCUT2D eigenvalue weighted by atomic mass is 9.82. The third kappa shape index (κ3) is 5.31. The van der Waals surface area contributed by atoms with Gasteiger partial charge >= 0.3 is 6.09 Å². The molecule has 1 heterocycles. The zero-order valence-electron chi connectivity index (χ0n) is 13.8. The predicted molar refractivity (Wildman–Crippen MR) is 82.6 cm³/mol. The molecule has 0 aliphatic carbocycles. The summed E-state index contributed by atoms with van der Waals surface area (Å²) in [7, 11) is 0. The van der Waals surface area contributed by atoms with Crippen LogP contribution < -0.4 is 5.73 Å². The first-order chi connectivity index (χ1) is 9.24. The first-order valence-electron chi connectivity index (χ1n) is 7.94. The molecular formula is C16H32N2O2. The van der Waals surface area contributed by atoms with Gasteiger partial charge in [-0.15, -0.1) is 0 Å². The molecule has 1 fully saturated rings. The third-order valence-corrected chi connectivity index (χ3v) is 3.80. The van der Waals surface area contributed by atoms with E-state index in [1.165, 1.54) is 6.42 Å². The van der Waals surface area contributed by atoms with E-state index in [0.717, 1.165) is 25.8 Å². The van der Waals surface area contributed by atoms with Gasteiger partial charge in [0.25, 0.3) is 0 Å². The molecule has 0 radical (unpaired) electrons. The summed E-state index contributed by atoms with van der Waals surface area (Å²) in [5.41, 5.74) is 5.31. The van der Waals surface area contributed by atoms with Gasteiger partial charge in [0.05, 0.1) is 0 Å². The molecule has 1 rings (SSSR count). The average molecular weight is 284 g/mol. The Balaban J connectivity index is 2.80. The highest BCUT2D eigenvalue weighted by Crippen LogP contribution is 2.31. The smallest absolute Gasteiger partial charge is 0.410 e. The van der Waals surface area contributed by atoms with Crippen molar-refractivity contribution in [2.75, 3.05) is 13.1 Å². The van der Waals surface area contributed by atoms with Crippen LogP contribution in [0.25, 0.3) is 0 Å². The molecule has 0 bridgehead atoms. The van der Waals surface area contributed by atoms with E-state index in [9.17, 15) is 4.79 Å². The van der Waals surface area contributed by atoms with Crippen molar-refractivity contribution in [3.8, 4) is 0 Å². The largest absolute Gasteiger partial charge is 0.444 e. The summed E-state index contributed by atoms with van der Waals surface area (Å²) in [4.78, 5) is 14.4. The summed E-state index contributed by atoms with van der Waals surface area (Å²) in [6.07, 6.45) is 4.09. The Morgan fingerprint density at radius 2 is 2.05 bits per heavy atom. The molecule has 2 N–H and O–H groups in total. The fourth-order valence-electron chi connectivity index (χ4n) is 3.04. The van der Waals surface area contributed by atoms with E-state index in [1.807, 2.05) is 25.7 Å². The Kier molecular flexibility index (Phi) is 6.31. The number of carbonyl (C=O) groups is 1. The monoisotopic (exact) mass is 284 g/mol. The number of nitrogens with two attached hydrogens (primary N) is 1. The van der Waals surface area contributed by atoms with Crippen molar-refractivity contribution < 1.29 is 9.53 Å². The molecular weight excluding hydrogens is 252 g/mol. The maximum absolute atomic E-state index is 12.4. The van der Waals surface area contributed by atoms with Gasteiger partial charge in [-0.25, -0.2) is 4.79 Å². The minimum atomic E-state index is -0.430. The minimum absolute atomic E-state index is 0.162. The molecule has 1 saturated heterocycles. The quantitative estimate of drug-likeness (QED) is 0.861. The van der Waals surface area contributed by atoms with Crippen LogP contribution in [0.2, 0.25) is 0 Å². The van der Waals surface area contributed by atoms with E-state index in [0.29, 0.717) is 18.4 Å². The molecule has 1 aliphatic heterocycles. The second-order valence-corrected chi connectivity index (χ2v) is 7.35. The van der Waals surface area contributed by atoms with Gasteiger partial charge in [-0.05, 0) is 64.8 Å². The van der Waals surface area contributed by atoms with Gasteiger partial charge < -0.3 is 15.4 Å². The van der Waals surface area contributed by atoms with Crippen LogP contribution in [0.4, 0.5) is 4.79 Å². The second kappa shape index (κ2) is 7.30. The molecule has 2 unspecified atom stereocenters. The summed E-state index contributed by atoms with van der Waals surface area (Å²) < 4.78 is 5.57. The molecule has 0 spiro atoms. The van der Waals surface area contributed by atoms with Gasteiger partial charge in [0.15, 0.2) is 0 Å². The highest BCUT2D eigenvalue weighted by atomic mass is 16.6. The van der Waals surface area contributed by atoms with Crippen molar-refractivity contribution in [2.24, 2.45) is 17.6 Å². The van der Waals surface area contributed by atoms with Crippen LogP contribution in [0, 0.1) is 11.8 Å². The maximum atomic E-state index is 12.4. The second-order valence-electron chi connectivity index (χ2n) is 7.35. The first kappa shape index (κ1) is 17.3. The Labute approximate surface area is 124 Å².